The minimum Gasteiger partial charge on any atom is -0.465 e. The fourth-order valence-electron chi connectivity index (χ4n) is 2.29. The van der Waals surface area contributed by atoms with E-state index in [9.17, 15) is 4.79 Å². The summed E-state index contributed by atoms with van der Waals surface area (Å²) in [6, 6.07) is 3.77. The number of amides is 1. The molecule has 18 heavy (non-hydrogen) atoms. The molecule has 1 aromatic rings. The van der Waals surface area contributed by atoms with Crippen molar-refractivity contribution in [1.29, 1.82) is 0 Å². The molecule has 2 atom stereocenters. The summed E-state index contributed by atoms with van der Waals surface area (Å²) in [5.74, 6) is 0.573. The van der Waals surface area contributed by atoms with Gasteiger partial charge >= 0.3 is 0 Å². The van der Waals surface area contributed by atoms with E-state index in [1.165, 1.54) is 12.5 Å². The van der Waals surface area contributed by atoms with Crippen LogP contribution in [0.3, 0.4) is 0 Å². The third kappa shape index (κ3) is 3.74. The summed E-state index contributed by atoms with van der Waals surface area (Å²) in [5.41, 5.74) is 6.06. The Morgan fingerprint density at radius 1 is 1.39 bits per heavy atom. The molecule has 4 nitrogen and oxygen atoms in total. The first-order valence-corrected chi connectivity index (χ1v) is 6.53. The molecule has 2 unspecified atom stereocenters. The van der Waals surface area contributed by atoms with Crippen molar-refractivity contribution in [2.24, 2.45) is 5.73 Å². The smallest absolute Gasteiger partial charge is 0.244 e. The molecular weight excluding hydrogens is 228 g/mol. The molecule has 0 spiro atoms. The average molecular weight is 248 g/mol. The van der Waals surface area contributed by atoms with Crippen LogP contribution in [0.25, 0.3) is 6.08 Å². The van der Waals surface area contributed by atoms with E-state index in [2.05, 4.69) is 5.32 Å². The van der Waals surface area contributed by atoms with Gasteiger partial charge in [-0.05, 0) is 31.1 Å². The highest BCUT2D eigenvalue weighted by molar-refractivity contribution is 5.91. The van der Waals surface area contributed by atoms with E-state index in [0.29, 0.717) is 5.76 Å². The molecule has 3 N–H and O–H groups in total. The molecule has 1 aliphatic carbocycles. The summed E-state index contributed by atoms with van der Waals surface area (Å²) in [6.07, 6.45) is 10.2. The number of carbonyl (C=O) groups excluding carboxylic acids is 1. The number of rotatable bonds is 3. The average Bonchev–Trinajstić information content (AvgIpc) is 2.80. The zero-order chi connectivity index (χ0) is 12.8. The molecule has 4 heteroatoms. The summed E-state index contributed by atoms with van der Waals surface area (Å²) >= 11 is 0. The molecule has 2 rings (SSSR count). The Hall–Kier alpha value is -1.55. The largest absolute Gasteiger partial charge is 0.465 e. The van der Waals surface area contributed by atoms with Gasteiger partial charge in [0.15, 0.2) is 0 Å². The van der Waals surface area contributed by atoms with Crippen LogP contribution < -0.4 is 11.1 Å². The molecule has 0 radical (unpaired) electrons. The monoisotopic (exact) mass is 248 g/mol. The van der Waals surface area contributed by atoms with E-state index < -0.39 is 0 Å². The van der Waals surface area contributed by atoms with Crippen LogP contribution in [0.2, 0.25) is 0 Å². The lowest BCUT2D eigenvalue weighted by Crippen LogP contribution is -2.46. The molecule has 98 valence electrons. The second-order valence-corrected chi connectivity index (χ2v) is 4.77. The van der Waals surface area contributed by atoms with Crippen molar-refractivity contribution in [2.75, 3.05) is 0 Å². The number of hydrogen-bond donors (Lipinski definition) is 2. The van der Waals surface area contributed by atoms with Gasteiger partial charge in [-0.15, -0.1) is 0 Å². The highest BCUT2D eigenvalue weighted by atomic mass is 16.3. The van der Waals surface area contributed by atoms with E-state index in [1.807, 2.05) is 0 Å². The van der Waals surface area contributed by atoms with Gasteiger partial charge in [0.1, 0.15) is 5.76 Å². The zero-order valence-corrected chi connectivity index (χ0v) is 10.5. The third-order valence-corrected chi connectivity index (χ3v) is 3.34. The van der Waals surface area contributed by atoms with Gasteiger partial charge in [0.05, 0.1) is 6.26 Å². The number of nitrogens with one attached hydrogen (secondary N) is 1. The first kappa shape index (κ1) is 12.9. The Bertz CT molecular complexity index is 398. The fraction of sp³-hybridized carbons (Fsp3) is 0.500. The summed E-state index contributed by atoms with van der Waals surface area (Å²) in [4.78, 5) is 11.8. The first-order chi connectivity index (χ1) is 8.75. The minimum absolute atomic E-state index is 0.0773. The van der Waals surface area contributed by atoms with Gasteiger partial charge in [0.25, 0.3) is 0 Å². The van der Waals surface area contributed by atoms with E-state index in [-0.39, 0.29) is 18.0 Å². The van der Waals surface area contributed by atoms with E-state index >= 15 is 0 Å². The van der Waals surface area contributed by atoms with Crippen LogP contribution in [-0.4, -0.2) is 18.0 Å². The van der Waals surface area contributed by atoms with Crippen molar-refractivity contribution < 1.29 is 9.21 Å². The van der Waals surface area contributed by atoms with Crippen molar-refractivity contribution in [3.63, 3.8) is 0 Å². The summed E-state index contributed by atoms with van der Waals surface area (Å²) in [6.45, 7) is 0. The second kappa shape index (κ2) is 6.40. The van der Waals surface area contributed by atoms with Gasteiger partial charge in [-0.3, -0.25) is 4.79 Å². The second-order valence-electron chi connectivity index (χ2n) is 4.77. The van der Waals surface area contributed by atoms with Gasteiger partial charge in [-0.25, -0.2) is 0 Å². The van der Waals surface area contributed by atoms with Crippen LogP contribution in [0.15, 0.2) is 28.9 Å². The summed E-state index contributed by atoms with van der Waals surface area (Å²) < 4.78 is 5.12. The molecule has 1 heterocycles. The number of hydrogen-bond acceptors (Lipinski definition) is 3. The Morgan fingerprint density at radius 3 is 3.00 bits per heavy atom. The van der Waals surface area contributed by atoms with Crippen LogP contribution in [0.4, 0.5) is 0 Å². The first-order valence-electron chi connectivity index (χ1n) is 6.53. The SMILES string of the molecule is NC1CCCCCC1NC(=O)C=Cc1ccco1. The van der Waals surface area contributed by atoms with Gasteiger partial charge < -0.3 is 15.5 Å². The lowest BCUT2D eigenvalue weighted by molar-refractivity contribution is -0.117. The Balaban J connectivity index is 1.86. The van der Waals surface area contributed by atoms with Crippen molar-refractivity contribution in [1.82, 2.24) is 5.32 Å². The fourth-order valence-corrected chi connectivity index (χ4v) is 2.29. The van der Waals surface area contributed by atoms with Gasteiger partial charge in [-0.2, -0.15) is 0 Å². The minimum atomic E-state index is -0.103. The molecule has 1 aliphatic rings. The van der Waals surface area contributed by atoms with Crippen molar-refractivity contribution >= 4 is 12.0 Å². The molecule has 1 fully saturated rings. The summed E-state index contributed by atoms with van der Waals surface area (Å²) in [7, 11) is 0. The molecule has 1 amide bonds. The lowest BCUT2D eigenvalue weighted by Gasteiger charge is -2.21. The number of carbonyl (C=O) groups is 1. The van der Waals surface area contributed by atoms with Crippen LogP contribution in [-0.2, 0) is 4.79 Å². The van der Waals surface area contributed by atoms with Gasteiger partial charge in [-0.1, -0.05) is 19.3 Å². The Morgan fingerprint density at radius 2 is 2.22 bits per heavy atom. The quantitative estimate of drug-likeness (QED) is 0.635. The van der Waals surface area contributed by atoms with E-state index in [4.69, 9.17) is 10.2 Å². The van der Waals surface area contributed by atoms with Crippen molar-refractivity contribution in [3.8, 4) is 0 Å². The molecule has 1 saturated carbocycles. The normalized spacial score (nSPS) is 24.9. The van der Waals surface area contributed by atoms with Crippen LogP contribution >= 0.6 is 0 Å². The topological polar surface area (TPSA) is 68.3 Å². The van der Waals surface area contributed by atoms with Crippen molar-refractivity contribution in [3.05, 3.63) is 30.2 Å². The number of furan rings is 1. The third-order valence-electron chi connectivity index (χ3n) is 3.34. The van der Waals surface area contributed by atoms with Crippen LogP contribution in [0, 0.1) is 0 Å². The highest BCUT2D eigenvalue weighted by Gasteiger charge is 2.21. The van der Waals surface area contributed by atoms with Gasteiger partial charge in [0.2, 0.25) is 5.91 Å². The maximum Gasteiger partial charge on any atom is 0.244 e. The van der Waals surface area contributed by atoms with Gasteiger partial charge in [0, 0.05) is 18.2 Å². The molecule has 0 bridgehead atoms. The maximum atomic E-state index is 11.8. The summed E-state index contributed by atoms with van der Waals surface area (Å²) in [5, 5.41) is 2.98. The predicted octanol–water partition coefficient (Wildman–Crippen LogP) is 2.07. The zero-order valence-electron chi connectivity index (χ0n) is 10.5. The van der Waals surface area contributed by atoms with Crippen LogP contribution in [0.1, 0.15) is 37.9 Å². The molecule has 0 aromatic carbocycles. The predicted molar refractivity (Wildman–Crippen MR) is 70.7 cm³/mol. The Kier molecular flexibility index (Phi) is 4.59. The molecular formula is C14H20N2O2. The number of nitrogens with two attached hydrogens (primary N) is 1. The van der Waals surface area contributed by atoms with Crippen LogP contribution in [0.5, 0.6) is 0 Å². The molecule has 0 aliphatic heterocycles. The highest BCUT2D eigenvalue weighted by Crippen LogP contribution is 2.16. The molecule has 1 aromatic heterocycles. The maximum absolute atomic E-state index is 11.8. The van der Waals surface area contributed by atoms with E-state index in [1.54, 1.807) is 24.5 Å². The van der Waals surface area contributed by atoms with E-state index in [0.717, 1.165) is 25.7 Å². The van der Waals surface area contributed by atoms with Crippen molar-refractivity contribution in [2.45, 2.75) is 44.2 Å². The Labute approximate surface area is 107 Å². The lowest BCUT2D eigenvalue weighted by atomic mass is 10.0. The molecule has 0 saturated heterocycles. The standard InChI is InChI=1S/C14H20N2O2/c15-12-6-2-1-3-7-13(12)16-14(17)9-8-11-5-4-10-18-11/h4-5,8-10,12-13H,1-3,6-7,15H2,(H,16,17).